The van der Waals surface area contributed by atoms with Gasteiger partial charge in [-0.05, 0) is 36.8 Å². The Labute approximate surface area is 167 Å². The van der Waals surface area contributed by atoms with Crippen LogP contribution in [0.25, 0.3) is 5.76 Å². The minimum absolute atomic E-state index is 0.0200. The van der Waals surface area contributed by atoms with E-state index in [4.69, 9.17) is 0 Å². The Morgan fingerprint density at radius 3 is 2.14 bits per heavy atom. The fourth-order valence-electron chi connectivity index (χ4n) is 3.52. The lowest BCUT2D eigenvalue weighted by atomic mass is 9.95. The number of Topliss-reactive ketones (excluding diaryl/α,β-unsaturated/α-hetero) is 1. The molecule has 4 rings (SSSR count). The highest BCUT2D eigenvalue weighted by atomic mass is 19.1. The molecule has 0 aromatic heterocycles. The molecule has 1 atom stereocenters. The van der Waals surface area contributed by atoms with Crippen molar-refractivity contribution in [2.24, 2.45) is 0 Å². The summed E-state index contributed by atoms with van der Waals surface area (Å²) in [7, 11) is 0. The van der Waals surface area contributed by atoms with Crippen molar-refractivity contribution in [3.63, 3.8) is 0 Å². The lowest BCUT2D eigenvalue weighted by Crippen LogP contribution is -2.29. The minimum Gasteiger partial charge on any atom is -0.507 e. The third-order valence-electron chi connectivity index (χ3n) is 4.99. The van der Waals surface area contributed by atoms with Gasteiger partial charge in [-0.25, -0.2) is 4.39 Å². The summed E-state index contributed by atoms with van der Waals surface area (Å²) in [5, 5.41) is 10.9. The van der Waals surface area contributed by atoms with Crippen molar-refractivity contribution < 1.29 is 19.1 Å². The molecule has 3 aromatic carbocycles. The van der Waals surface area contributed by atoms with Gasteiger partial charge < -0.3 is 5.11 Å². The third-order valence-corrected chi connectivity index (χ3v) is 4.99. The van der Waals surface area contributed by atoms with Gasteiger partial charge in [0.05, 0.1) is 11.6 Å². The average Bonchev–Trinajstić information content (AvgIpc) is 3.00. The quantitative estimate of drug-likeness (QED) is 0.400. The van der Waals surface area contributed by atoms with Gasteiger partial charge >= 0.3 is 0 Å². The zero-order valence-electron chi connectivity index (χ0n) is 15.7. The zero-order valence-corrected chi connectivity index (χ0v) is 15.7. The van der Waals surface area contributed by atoms with Gasteiger partial charge in [0, 0.05) is 11.3 Å². The second-order valence-electron chi connectivity index (χ2n) is 6.92. The molecule has 1 aliphatic heterocycles. The summed E-state index contributed by atoms with van der Waals surface area (Å²) in [6.45, 7) is 1.92. The van der Waals surface area contributed by atoms with E-state index in [0.29, 0.717) is 16.8 Å². The average molecular weight is 387 g/mol. The van der Waals surface area contributed by atoms with Crippen LogP contribution in [0.15, 0.2) is 84.4 Å². The molecule has 0 bridgehead atoms. The van der Waals surface area contributed by atoms with Crippen LogP contribution < -0.4 is 4.90 Å². The van der Waals surface area contributed by atoms with Crippen LogP contribution in [0, 0.1) is 12.7 Å². The second kappa shape index (κ2) is 7.36. The van der Waals surface area contributed by atoms with Crippen molar-refractivity contribution in [1.29, 1.82) is 0 Å². The number of aliphatic hydroxyl groups is 1. The van der Waals surface area contributed by atoms with Gasteiger partial charge in [-0.1, -0.05) is 60.2 Å². The van der Waals surface area contributed by atoms with Crippen LogP contribution in [0.5, 0.6) is 0 Å². The van der Waals surface area contributed by atoms with Gasteiger partial charge in [-0.3, -0.25) is 14.5 Å². The van der Waals surface area contributed by atoms with Gasteiger partial charge in [-0.15, -0.1) is 0 Å². The van der Waals surface area contributed by atoms with Crippen LogP contribution in [0.3, 0.4) is 0 Å². The maximum atomic E-state index is 13.5. The van der Waals surface area contributed by atoms with Crippen LogP contribution in [-0.4, -0.2) is 16.8 Å². The van der Waals surface area contributed by atoms with Crippen LogP contribution in [-0.2, 0) is 9.59 Å². The van der Waals surface area contributed by atoms with Gasteiger partial charge in [0.1, 0.15) is 11.6 Å². The number of nitrogens with zero attached hydrogens (tertiary/aromatic N) is 1. The van der Waals surface area contributed by atoms with E-state index in [9.17, 15) is 19.1 Å². The molecular formula is C24H18FNO3. The Morgan fingerprint density at radius 1 is 0.897 bits per heavy atom. The highest BCUT2D eigenvalue weighted by Crippen LogP contribution is 2.42. The molecule has 1 aliphatic rings. The number of hydrogen-bond acceptors (Lipinski definition) is 3. The highest BCUT2D eigenvalue weighted by molar-refractivity contribution is 6.51. The molecule has 0 saturated carbocycles. The molecule has 4 nitrogen and oxygen atoms in total. The summed E-state index contributed by atoms with van der Waals surface area (Å²) in [5.41, 5.74) is 2.48. The van der Waals surface area contributed by atoms with Crippen LogP contribution >= 0.6 is 0 Å². The Hall–Kier alpha value is -3.73. The fraction of sp³-hybridized carbons (Fsp3) is 0.0833. The highest BCUT2D eigenvalue weighted by Gasteiger charge is 2.46. The molecule has 1 saturated heterocycles. The summed E-state index contributed by atoms with van der Waals surface area (Å²) in [6, 6.07) is 20.5. The monoisotopic (exact) mass is 387 g/mol. The van der Waals surface area contributed by atoms with Crippen molar-refractivity contribution in [2.45, 2.75) is 13.0 Å². The van der Waals surface area contributed by atoms with E-state index >= 15 is 0 Å². The molecule has 3 aromatic rings. The summed E-state index contributed by atoms with van der Waals surface area (Å²) in [6.07, 6.45) is 0. The van der Waals surface area contributed by atoms with Crippen molar-refractivity contribution in [2.75, 3.05) is 4.90 Å². The van der Waals surface area contributed by atoms with E-state index in [2.05, 4.69) is 0 Å². The SMILES string of the molecule is Cc1ccc(N2C(=O)C(=O)C(=C(O)c3ccccc3)[C@@H]2c2ccc(F)cc2)cc1. The number of aryl methyl sites for hydroxylation is 1. The number of benzene rings is 3. The standard InChI is InChI=1S/C24H18FNO3/c1-15-7-13-19(14-8-15)26-21(16-9-11-18(25)12-10-16)20(23(28)24(26)29)22(27)17-5-3-2-4-6-17/h2-14,21,27H,1H3/t21-/m0/s1. The van der Waals surface area contributed by atoms with Gasteiger partial charge in [-0.2, -0.15) is 0 Å². The molecule has 1 fully saturated rings. The Kier molecular flexibility index (Phi) is 4.72. The number of anilines is 1. The van der Waals surface area contributed by atoms with E-state index in [0.717, 1.165) is 5.56 Å². The van der Waals surface area contributed by atoms with E-state index in [1.54, 1.807) is 42.5 Å². The number of ketones is 1. The van der Waals surface area contributed by atoms with E-state index in [1.807, 2.05) is 19.1 Å². The summed E-state index contributed by atoms with van der Waals surface area (Å²) >= 11 is 0. The normalized spacial score (nSPS) is 18.3. The summed E-state index contributed by atoms with van der Waals surface area (Å²) < 4.78 is 13.5. The van der Waals surface area contributed by atoms with E-state index in [1.165, 1.54) is 29.2 Å². The molecule has 144 valence electrons. The molecular weight excluding hydrogens is 369 g/mol. The summed E-state index contributed by atoms with van der Waals surface area (Å²) in [5.74, 6) is -2.20. The van der Waals surface area contributed by atoms with Crippen molar-refractivity contribution in [3.05, 3.63) is 107 Å². The molecule has 1 heterocycles. The number of amides is 1. The number of rotatable bonds is 3. The first-order chi connectivity index (χ1) is 14.0. The number of carbonyl (C=O) groups excluding carboxylic acids is 2. The number of carbonyl (C=O) groups is 2. The molecule has 29 heavy (non-hydrogen) atoms. The molecule has 5 heteroatoms. The molecule has 0 spiro atoms. The van der Waals surface area contributed by atoms with Crippen LogP contribution in [0.4, 0.5) is 10.1 Å². The van der Waals surface area contributed by atoms with Gasteiger partial charge in [0.25, 0.3) is 11.7 Å². The maximum absolute atomic E-state index is 13.5. The van der Waals surface area contributed by atoms with Crippen LogP contribution in [0.2, 0.25) is 0 Å². The van der Waals surface area contributed by atoms with Crippen LogP contribution in [0.1, 0.15) is 22.7 Å². The molecule has 1 amide bonds. The maximum Gasteiger partial charge on any atom is 0.300 e. The molecule has 0 aliphatic carbocycles. The molecule has 1 N–H and O–H groups in total. The predicted molar refractivity (Wildman–Crippen MR) is 109 cm³/mol. The smallest absolute Gasteiger partial charge is 0.300 e. The van der Waals surface area contributed by atoms with E-state index in [-0.39, 0.29) is 11.3 Å². The van der Waals surface area contributed by atoms with Gasteiger partial charge in [0.2, 0.25) is 0 Å². The Bertz CT molecular complexity index is 1100. The summed E-state index contributed by atoms with van der Waals surface area (Å²) in [4.78, 5) is 27.2. The zero-order chi connectivity index (χ0) is 20.5. The van der Waals surface area contributed by atoms with E-state index < -0.39 is 23.5 Å². The lowest BCUT2D eigenvalue weighted by Gasteiger charge is -2.25. The first-order valence-corrected chi connectivity index (χ1v) is 9.16. The second-order valence-corrected chi connectivity index (χ2v) is 6.92. The van der Waals surface area contributed by atoms with Crippen molar-refractivity contribution in [3.8, 4) is 0 Å². The molecule has 0 unspecified atom stereocenters. The topological polar surface area (TPSA) is 57.6 Å². The Morgan fingerprint density at radius 2 is 1.52 bits per heavy atom. The Balaban J connectivity index is 1.94. The number of aliphatic hydroxyl groups excluding tert-OH is 1. The lowest BCUT2D eigenvalue weighted by molar-refractivity contribution is -0.132. The largest absolute Gasteiger partial charge is 0.507 e. The van der Waals surface area contributed by atoms with Crippen molar-refractivity contribution in [1.82, 2.24) is 0 Å². The molecule has 0 radical (unpaired) electrons. The first kappa shape index (κ1) is 18.6. The van der Waals surface area contributed by atoms with Gasteiger partial charge in [0.15, 0.2) is 0 Å². The number of halogens is 1. The fourth-order valence-corrected chi connectivity index (χ4v) is 3.52. The minimum atomic E-state index is -0.862. The first-order valence-electron chi connectivity index (χ1n) is 9.16. The third kappa shape index (κ3) is 3.31. The number of hydrogen-bond donors (Lipinski definition) is 1. The van der Waals surface area contributed by atoms with Crippen molar-refractivity contribution >= 4 is 23.1 Å². The predicted octanol–water partition coefficient (Wildman–Crippen LogP) is 4.76.